The molecular weight excluding hydrogens is 280 g/mol. The molecule has 0 bridgehead atoms. The highest BCUT2D eigenvalue weighted by atomic mass is 32.2. The molecule has 0 saturated carbocycles. The molecule has 1 fully saturated rings. The summed E-state index contributed by atoms with van der Waals surface area (Å²) in [6.07, 6.45) is 0. The minimum Gasteiger partial charge on any atom is -0.379 e. The van der Waals surface area contributed by atoms with Crippen LogP contribution >= 0.6 is 11.8 Å². The Balaban J connectivity index is 1.91. The number of hydrogen-bond donors (Lipinski definition) is 1. The zero-order valence-electron chi connectivity index (χ0n) is 12.8. The van der Waals surface area contributed by atoms with Gasteiger partial charge in [-0.15, -0.1) is 0 Å². The van der Waals surface area contributed by atoms with Gasteiger partial charge in [0.15, 0.2) is 0 Å². The molecule has 21 heavy (non-hydrogen) atoms. The van der Waals surface area contributed by atoms with Gasteiger partial charge in [-0.25, -0.2) is 4.98 Å². The average molecular weight is 302 g/mol. The molecule has 1 aliphatic heterocycles. The molecule has 112 valence electrons. The van der Waals surface area contributed by atoms with E-state index in [-0.39, 0.29) is 5.54 Å². The molecule has 2 aromatic rings. The lowest BCUT2D eigenvalue weighted by Crippen LogP contribution is -2.35. The lowest BCUT2D eigenvalue weighted by molar-refractivity contribution is 0.0454. The number of fused-ring (bicyclic) bond motifs is 1. The van der Waals surface area contributed by atoms with Gasteiger partial charge in [-0.1, -0.05) is 30.0 Å². The van der Waals surface area contributed by atoms with Gasteiger partial charge in [0.05, 0.1) is 24.0 Å². The van der Waals surface area contributed by atoms with Gasteiger partial charge in [-0.3, -0.25) is 0 Å². The summed E-state index contributed by atoms with van der Waals surface area (Å²) < 4.78 is 5.28. The molecule has 0 aliphatic carbocycles. The Kier molecular flexibility index (Phi) is 4.20. The van der Waals surface area contributed by atoms with E-state index in [0.717, 1.165) is 30.3 Å². The van der Waals surface area contributed by atoms with E-state index in [1.165, 1.54) is 10.9 Å². The van der Waals surface area contributed by atoms with Crippen LogP contribution in [-0.4, -0.2) is 29.0 Å². The standard InChI is InChI=1S/C17H22N2OS/c1-17(2,3)18-9-13-8-12-6-4-5-7-15(12)19-16(13)21-14-10-20-11-14/h4-8,14,18H,9-11H2,1-3H3. The Morgan fingerprint density at radius 3 is 2.71 bits per heavy atom. The Morgan fingerprint density at radius 1 is 1.29 bits per heavy atom. The van der Waals surface area contributed by atoms with Crippen LogP contribution in [0.5, 0.6) is 0 Å². The molecule has 0 radical (unpaired) electrons. The maximum Gasteiger partial charge on any atom is 0.102 e. The maximum absolute atomic E-state index is 5.28. The third-order valence-corrected chi connectivity index (χ3v) is 4.64. The molecule has 0 unspecified atom stereocenters. The maximum atomic E-state index is 5.28. The summed E-state index contributed by atoms with van der Waals surface area (Å²) in [5.74, 6) is 0. The van der Waals surface area contributed by atoms with Crippen molar-refractivity contribution in [3.8, 4) is 0 Å². The molecule has 3 rings (SSSR count). The monoisotopic (exact) mass is 302 g/mol. The van der Waals surface area contributed by atoms with Gasteiger partial charge >= 0.3 is 0 Å². The van der Waals surface area contributed by atoms with Crippen LogP contribution in [0.15, 0.2) is 35.4 Å². The first-order chi connectivity index (χ1) is 10.0. The van der Waals surface area contributed by atoms with Gasteiger partial charge in [0.25, 0.3) is 0 Å². The molecule has 1 aromatic carbocycles. The Morgan fingerprint density at radius 2 is 2.05 bits per heavy atom. The number of benzene rings is 1. The second-order valence-corrected chi connectivity index (χ2v) is 7.82. The summed E-state index contributed by atoms with van der Waals surface area (Å²) in [5, 5.41) is 6.46. The quantitative estimate of drug-likeness (QED) is 0.935. The number of nitrogens with zero attached hydrogens (tertiary/aromatic N) is 1. The fourth-order valence-electron chi connectivity index (χ4n) is 2.17. The minimum absolute atomic E-state index is 0.104. The summed E-state index contributed by atoms with van der Waals surface area (Å²) in [5.41, 5.74) is 2.45. The minimum atomic E-state index is 0.104. The molecule has 0 spiro atoms. The van der Waals surface area contributed by atoms with E-state index in [9.17, 15) is 0 Å². The van der Waals surface area contributed by atoms with Crippen molar-refractivity contribution in [2.24, 2.45) is 0 Å². The highest BCUT2D eigenvalue weighted by Crippen LogP contribution is 2.31. The van der Waals surface area contributed by atoms with E-state index in [1.807, 2.05) is 17.8 Å². The zero-order chi connectivity index (χ0) is 14.9. The van der Waals surface area contributed by atoms with Crippen molar-refractivity contribution in [1.29, 1.82) is 0 Å². The van der Waals surface area contributed by atoms with E-state index >= 15 is 0 Å². The molecule has 1 saturated heterocycles. The lowest BCUT2D eigenvalue weighted by atomic mass is 10.1. The van der Waals surface area contributed by atoms with Gasteiger partial charge < -0.3 is 10.1 Å². The molecule has 1 N–H and O–H groups in total. The van der Waals surface area contributed by atoms with Crippen LogP contribution in [0, 0.1) is 0 Å². The molecule has 4 heteroatoms. The van der Waals surface area contributed by atoms with Crippen molar-refractivity contribution < 1.29 is 4.74 Å². The summed E-state index contributed by atoms with van der Waals surface area (Å²) in [6, 6.07) is 10.6. The van der Waals surface area contributed by atoms with Crippen LogP contribution in [0.25, 0.3) is 10.9 Å². The Labute approximate surface area is 130 Å². The number of rotatable bonds is 4. The average Bonchev–Trinajstić information content (AvgIpc) is 2.39. The topological polar surface area (TPSA) is 34.2 Å². The van der Waals surface area contributed by atoms with E-state index in [0.29, 0.717) is 5.25 Å². The van der Waals surface area contributed by atoms with Crippen molar-refractivity contribution in [2.45, 2.75) is 43.1 Å². The summed E-state index contributed by atoms with van der Waals surface area (Å²) in [6.45, 7) is 9.09. The first kappa shape index (κ1) is 14.8. The first-order valence-corrected chi connectivity index (χ1v) is 8.27. The smallest absolute Gasteiger partial charge is 0.102 e. The highest BCUT2D eigenvalue weighted by Gasteiger charge is 2.22. The number of hydrogen-bond acceptors (Lipinski definition) is 4. The molecule has 2 heterocycles. The molecule has 0 atom stereocenters. The van der Waals surface area contributed by atoms with Gasteiger partial charge in [-0.2, -0.15) is 0 Å². The fourth-order valence-corrected chi connectivity index (χ4v) is 3.25. The van der Waals surface area contributed by atoms with Gasteiger partial charge in [0.1, 0.15) is 5.03 Å². The van der Waals surface area contributed by atoms with Crippen molar-refractivity contribution in [3.05, 3.63) is 35.9 Å². The predicted octanol–water partition coefficient (Wildman–Crippen LogP) is 3.61. The lowest BCUT2D eigenvalue weighted by Gasteiger charge is -2.26. The number of ether oxygens (including phenoxy) is 1. The first-order valence-electron chi connectivity index (χ1n) is 7.39. The van der Waals surface area contributed by atoms with Crippen molar-refractivity contribution in [1.82, 2.24) is 10.3 Å². The summed E-state index contributed by atoms with van der Waals surface area (Å²) in [4.78, 5) is 4.87. The number of nitrogens with one attached hydrogen (secondary N) is 1. The highest BCUT2D eigenvalue weighted by molar-refractivity contribution is 8.00. The second-order valence-electron chi connectivity index (χ2n) is 6.53. The molecule has 1 aliphatic rings. The van der Waals surface area contributed by atoms with Gasteiger partial charge in [0, 0.05) is 17.5 Å². The third-order valence-electron chi connectivity index (χ3n) is 3.46. The normalized spacial score (nSPS) is 16.1. The zero-order valence-corrected chi connectivity index (χ0v) is 13.7. The Bertz CT molecular complexity index is 632. The van der Waals surface area contributed by atoms with E-state index in [4.69, 9.17) is 9.72 Å². The number of pyridine rings is 1. The second kappa shape index (κ2) is 5.95. The van der Waals surface area contributed by atoms with Crippen LogP contribution < -0.4 is 5.32 Å². The van der Waals surface area contributed by atoms with E-state index in [1.54, 1.807) is 0 Å². The van der Waals surface area contributed by atoms with E-state index < -0.39 is 0 Å². The third kappa shape index (κ3) is 3.76. The van der Waals surface area contributed by atoms with Crippen LogP contribution in [0.1, 0.15) is 26.3 Å². The number of para-hydroxylation sites is 1. The van der Waals surface area contributed by atoms with Gasteiger partial charge in [-0.05, 0) is 38.5 Å². The fraction of sp³-hybridized carbons (Fsp3) is 0.471. The van der Waals surface area contributed by atoms with Crippen molar-refractivity contribution in [2.75, 3.05) is 13.2 Å². The molecule has 0 amide bonds. The van der Waals surface area contributed by atoms with Crippen LogP contribution in [-0.2, 0) is 11.3 Å². The Hall–Kier alpha value is -1.10. The SMILES string of the molecule is CC(C)(C)NCc1cc2ccccc2nc1SC1COC1. The molecular formula is C17H22N2OS. The van der Waals surface area contributed by atoms with Crippen molar-refractivity contribution >= 4 is 22.7 Å². The molecule has 1 aromatic heterocycles. The van der Waals surface area contributed by atoms with Gasteiger partial charge in [0.2, 0.25) is 0 Å². The van der Waals surface area contributed by atoms with Crippen LogP contribution in [0.2, 0.25) is 0 Å². The summed E-state index contributed by atoms with van der Waals surface area (Å²) >= 11 is 1.85. The van der Waals surface area contributed by atoms with Crippen molar-refractivity contribution in [3.63, 3.8) is 0 Å². The molecule has 3 nitrogen and oxygen atoms in total. The largest absolute Gasteiger partial charge is 0.379 e. The summed E-state index contributed by atoms with van der Waals surface area (Å²) in [7, 11) is 0. The number of aromatic nitrogens is 1. The van der Waals surface area contributed by atoms with Crippen LogP contribution in [0.3, 0.4) is 0 Å². The van der Waals surface area contributed by atoms with Crippen LogP contribution in [0.4, 0.5) is 0 Å². The van der Waals surface area contributed by atoms with E-state index in [2.05, 4.69) is 50.4 Å². The number of thioether (sulfide) groups is 1. The predicted molar refractivity (Wildman–Crippen MR) is 88.8 cm³/mol.